The first kappa shape index (κ1) is 14.6. The quantitative estimate of drug-likeness (QED) is 0.752. The third kappa shape index (κ3) is 3.50. The highest BCUT2D eigenvalue weighted by atomic mass is 16.5. The van der Waals surface area contributed by atoms with Crippen LogP contribution >= 0.6 is 0 Å². The molecule has 0 fully saturated rings. The number of nitrogens with one attached hydrogen (secondary N) is 1. The molecule has 1 aromatic carbocycles. The Bertz CT molecular complexity index is 379. The molecule has 1 atom stereocenters. The maximum atomic E-state index is 5.45. The molecule has 0 aromatic heterocycles. The van der Waals surface area contributed by atoms with Gasteiger partial charge in [0.25, 0.3) is 0 Å². The van der Waals surface area contributed by atoms with Gasteiger partial charge >= 0.3 is 0 Å². The number of ether oxygens (including phenoxy) is 2. The summed E-state index contributed by atoms with van der Waals surface area (Å²) in [5.74, 6) is 1.70. The number of rotatable bonds is 7. The zero-order valence-electron chi connectivity index (χ0n) is 11.7. The molecular weight excluding hydrogens is 226 g/mol. The Morgan fingerprint density at radius 1 is 1.28 bits per heavy atom. The fourth-order valence-corrected chi connectivity index (χ4v) is 2.09. The van der Waals surface area contributed by atoms with Crippen LogP contribution in [0.4, 0.5) is 0 Å². The topological polar surface area (TPSA) is 30.5 Å². The van der Waals surface area contributed by atoms with Crippen LogP contribution in [0.1, 0.15) is 31.9 Å². The van der Waals surface area contributed by atoms with Crippen LogP contribution in [0.5, 0.6) is 11.5 Å². The molecule has 0 saturated heterocycles. The van der Waals surface area contributed by atoms with Gasteiger partial charge in [-0.1, -0.05) is 18.6 Å². The number of benzene rings is 1. The lowest BCUT2D eigenvalue weighted by atomic mass is 9.98. The van der Waals surface area contributed by atoms with Crippen molar-refractivity contribution in [1.29, 1.82) is 0 Å². The van der Waals surface area contributed by atoms with Crippen molar-refractivity contribution in [3.8, 4) is 11.5 Å². The summed E-state index contributed by atoms with van der Waals surface area (Å²) in [5, 5.41) is 3.46. The highest BCUT2D eigenvalue weighted by molar-refractivity contribution is 5.47. The van der Waals surface area contributed by atoms with Crippen LogP contribution in [0.2, 0.25) is 0 Å². The third-order valence-electron chi connectivity index (χ3n) is 2.82. The second-order valence-corrected chi connectivity index (χ2v) is 4.35. The molecule has 0 aliphatic carbocycles. The first-order valence-electron chi connectivity index (χ1n) is 6.22. The maximum absolute atomic E-state index is 5.45. The molecule has 3 nitrogen and oxygen atoms in total. The van der Waals surface area contributed by atoms with Gasteiger partial charge in [0.2, 0.25) is 0 Å². The van der Waals surface area contributed by atoms with Gasteiger partial charge in [-0.15, -0.1) is 6.58 Å². The summed E-state index contributed by atoms with van der Waals surface area (Å²) in [6, 6.07) is 6.02. The van der Waals surface area contributed by atoms with Crippen molar-refractivity contribution in [1.82, 2.24) is 5.32 Å². The Morgan fingerprint density at radius 2 is 1.83 bits per heavy atom. The van der Waals surface area contributed by atoms with Crippen molar-refractivity contribution in [3.63, 3.8) is 0 Å². The Kier molecular flexibility index (Phi) is 5.72. The van der Waals surface area contributed by atoms with E-state index in [0.29, 0.717) is 0 Å². The Morgan fingerprint density at radius 3 is 2.22 bits per heavy atom. The first-order valence-corrected chi connectivity index (χ1v) is 6.22. The molecule has 1 unspecified atom stereocenters. The van der Waals surface area contributed by atoms with E-state index < -0.39 is 0 Å². The summed E-state index contributed by atoms with van der Waals surface area (Å²) in [6.07, 6.45) is 0.866. The lowest BCUT2D eigenvalue weighted by molar-refractivity contribution is 0.370. The molecule has 0 aliphatic heterocycles. The average Bonchev–Trinajstić information content (AvgIpc) is 2.36. The minimum atomic E-state index is 0.165. The Hall–Kier alpha value is -1.48. The molecule has 3 heteroatoms. The van der Waals surface area contributed by atoms with E-state index in [9.17, 15) is 0 Å². The fraction of sp³-hybridized carbons (Fsp3) is 0.467. The zero-order chi connectivity index (χ0) is 13.5. The molecule has 0 radical (unpaired) electrons. The van der Waals surface area contributed by atoms with E-state index in [1.165, 1.54) is 0 Å². The van der Waals surface area contributed by atoms with Gasteiger partial charge in [0, 0.05) is 6.04 Å². The standard InChI is InChI=1S/C15H23NO2/c1-6-16-12(10-11(2)3)15-13(17-4)8-7-9-14(15)18-5/h7-9,12,16H,2,6,10H2,1,3-5H3. The summed E-state index contributed by atoms with van der Waals surface area (Å²) in [6.45, 7) is 9.00. The fourth-order valence-electron chi connectivity index (χ4n) is 2.09. The monoisotopic (exact) mass is 249 g/mol. The first-order chi connectivity index (χ1) is 8.63. The molecule has 1 N–H and O–H groups in total. The summed E-state index contributed by atoms with van der Waals surface area (Å²) in [5.41, 5.74) is 2.20. The predicted octanol–water partition coefficient (Wildman–Crippen LogP) is 3.32. The van der Waals surface area contributed by atoms with Crippen LogP contribution in [-0.4, -0.2) is 20.8 Å². The van der Waals surface area contributed by atoms with Gasteiger partial charge in [0.15, 0.2) is 0 Å². The van der Waals surface area contributed by atoms with Crippen LogP contribution in [0.25, 0.3) is 0 Å². The second kappa shape index (κ2) is 7.07. The van der Waals surface area contributed by atoms with E-state index in [-0.39, 0.29) is 6.04 Å². The lowest BCUT2D eigenvalue weighted by Gasteiger charge is -2.23. The SMILES string of the molecule is C=C(C)CC(NCC)c1c(OC)cccc1OC. The molecule has 1 aromatic rings. The van der Waals surface area contributed by atoms with Gasteiger partial charge < -0.3 is 14.8 Å². The van der Waals surface area contributed by atoms with Gasteiger partial charge in [0.05, 0.1) is 19.8 Å². The molecule has 0 aliphatic rings. The highest BCUT2D eigenvalue weighted by Crippen LogP contribution is 2.36. The van der Waals surface area contributed by atoms with Crippen molar-refractivity contribution in [2.75, 3.05) is 20.8 Å². The van der Waals surface area contributed by atoms with Crippen LogP contribution in [0, 0.1) is 0 Å². The summed E-state index contributed by atoms with van der Waals surface area (Å²) in [7, 11) is 3.37. The molecule has 100 valence electrons. The molecule has 0 amide bonds. The number of hydrogen-bond acceptors (Lipinski definition) is 3. The number of methoxy groups -OCH3 is 2. The summed E-state index contributed by atoms with van der Waals surface area (Å²) < 4.78 is 10.9. The van der Waals surface area contributed by atoms with Crippen LogP contribution < -0.4 is 14.8 Å². The van der Waals surface area contributed by atoms with Crippen molar-refractivity contribution < 1.29 is 9.47 Å². The van der Waals surface area contributed by atoms with Gasteiger partial charge in [0.1, 0.15) is 11.5 Å². The van der Waals surface area contributed by atoms with Gasteiger partial charge in [-0.25, -0.2) is 0 Å². The van der Waals surface area contributed by atoms with E-state index in [1.807, 2.05) is 25.1 Å². The van der Waals surface area contributed by atoms with Crippen molar-refractivity contribution in [2.45, 2.75) is 26.3 Å². The van der Waals surface area contributed by atoms with Gasteiger partial charge in [-0.05, 0) is 32.0 Å². The highest BCUT2D eigenvalue weighted by Gasteiger charge is 2.20. The summed E-state index contributed by atoms with van der Waals surface area (Å²) in [4.78, 5) is 0. The van der Waals surface area contributed by atoms with E-state index in [0.717, 1.165) is 35.6 Å². The molecule has 0 saturated carbocycles. The van der Waals surface area contributed by atoms with E-state index >= 15 is 0 Å². The van der Waals surface area contributed by atoms with E-state index in [2.05, 4.69) is 18.8 Å². The van der Waals surface area contributed by atoms with Gasteiger partial charge in [-0.3, -0.25) is 0 Å². The van der Waals surface area contributed by atoms with Crippen molar-refractivity contribution >= 4 is 0 Å². The molecule has 0 heterocycles. The van der Waals surface area contributed by atoms with E-state index in [4.69, 9.17) is 9.47 Å². The van der Waals surface area contributed by atoms with Gasteiger partial charge in [-0.2, -0.15) is 0 Å². The second-order valence-electron chi connectivity index (χ2n) is 4.35. The third-order valence-corrected chi connectivity index (χ3v) is 2.82. The minimum Gasteiger partial charge on any atom is -0.496 e. The molecule has 18 heavy (non-hydrogen) atoms. The normalized spacial score (nSPS) is 12.0. The molecular formula is C15H23NO2. The molecule has 1 rings (SSSR count). The van der Waals surface area contributed by atoms with Crippen molar-refractivity contribution in [2.24, 2.45) is 0 Å². The molecule has 0 bridgehead atoms. The average molecular weight is 249 g/mol. The smallest absolute Gasteiger partial charge is 0.127 e. The number of hydrogen-bond donors (Lipinski definition) is 1. The zero-order valence-corrected chi connectivity index (χ0v) is 11.7. The Labute approximate surface area is 110 Å². The van der Waals surface area contributed by atoms with Crippen LogP contribution in [-0.2, 0) is 0 Å². The Balaban J connectivity index is 3.18. The van der Waals surface area contributed by atoms with E-state index in [1.54, 1.807) is 14.2 Å². The molecule has 0 spiro atoms. The largest absolute Gasteiger partial charge is 0.496 e. The van der Waals surface area contributed by atoms with Crippen LogP contribution in [0.3, 0.4) is 0 Å². The lowest BCUT2D eigenvalue weighted by Crippen LogP contribution is -2.22. The van der Waals surface area contributed by atoms with Crippen LogP contribution in [0.15, 0.2) is 30.4 Å². The summed E-state index contributed by atoms with van der Waals surface area (Å²) >= 11 is 0. The maximum Gasteiger partial charge on any atom is 0.127 e. The minimum absolute atomic E-state index is 0.165. The predicted molar refractivity (Wildman–Crippen MR) is 75.4 cm³/mol. The van der Waals surface area contributed by atoms with Crippen molar-refractivity contribution in [3.05, 3.63) is 35.9 Å².